The second-order valence-electron chi connectivity index (χ2n) is 4.64. The Balaban J connectivity index is 1.91. The third-order valence-corrected chi connectivity index (χ3v) is 3.09. The second-order valence-corrected chi connectivity index (χ2v) is 4.64. The van der Waals surface area contributed by atoms with Crippen molar-refractivity contribution in [3.05, 3.63) is 61.0 Å². The van der Waals surface area contributed by atoms with Gasteiger partial charge in [-0.2, -0.15) is 0 Å². The highest BCUT2D eigenvalue weighted by Gasteiger charge is 2.02. The number of methoxy groups -OCH3 is 1. The average molecular weight is 285 g/mol. The Bertz CT molecular complexity index is 552. The molecule has 0 N–H and O–H groups in total. The smallest absolute Gasteiger partial charge is 0.120 e. The van der Waals surface area contributed by atoms with E-state index in [1.807, 2.05) is 36.4 Å². The first kappa shape index (κ1) is 15.5. The predicted molar refractivity (Wildman–Crippen MR) is 84.5 cm³/mol. The molecule has 0 bridgehead atoms. The molecule has 1 radical (unpaired) electrons. The molecule has 0 saturated carbocycles. The summed E-state index contributed by atoms with van der Waals surface area (Å²) in [6, 6.07) is 16.1. The molecule has 0 aliphatic carbocycles. The summed E-state index contributed by atoms with van der Waals surface area (Å²) in [4.78, 5) is 0. The van der Waals surface area contributed by atoms with Crippen LogP contribution >= 0.6 is 0 Å². The van der Waals surface area contributed by atoms with Gasteiger partial charge in [-0.1, -0.05) is 36.4 Å². The summed E-state index contributed by atoms with van der Waals surface area (Å²) in [5.74, 6) is 0.839. The molecule has 2 rings (SSSR count). The molecule has 0 unspecified atom stereocenters. The van der Waals surface area contributed by atoms with Crippen molar-refractivity contribution in [1.29, 1.82) is 0 Å². The van der Waals surface area contributed by atoms with Crippen LogP contribution in [0.25, 0.3) is 11.1 Å². The maximum absolute atomic E-state index is 5.70. The third kappa shape index (κ3) is 4.88. The van der Waals surface area contributed by atoms with Gasteiger partial charge in [0.2, 0.25) is 0 Å². The lowest BCUT2D eigenvalue weighted by Gasteiger charge is -2.10. The topological polar surface area (TPSA) is 27.7 Å². The van der Waals surface area contributed by atoms with Crippen molar-refractivity contribution in [2.24, 2.45) is 0 Å². The first-order chi connectivity index (χ1) is 10.3. The Morgan fingerprint density at radius 3 is 2.52 bits per heavy atom. The van der Waals surface area contributed by atoms with E-state index in [1.54, 1.807) is 7.11 Å². The Morgan fingerprint density at radius 1 is 0.905 bits per heavy atom. The minimum absolute atomic E-state index is 0.527. The van der Waals surface area contributed by atoms with E-state index in [0.29, 0.717) is 26.4 Å². The first-order valence-corrected chi connectivity index (χ1v) is 7.02. The number of ether oxygens (including phenoxy) is 3. The van der Waals surface area contributed by atoms with Gasteiger partial charge in [-0.25, -0.2) is 0 Å². The van der Waals surface area contributed by atoms with Crippen LogP contribution in [0, 0.1) is 6.92 Å². The molecule has 0 aliphatic rings. The van der Waals surface area contributed by atoms with Gasteiger partial charge in [0, 0.05) is 7.11 Å². The van der Waals surface area contributed by atoms with Crippen LogP contribution in [0.2, 0.25) is 0 Å². The van der Waals surface area contributed by atoms with Gasteiger partial charge < -0.3 is 14.2 Å². The van der Waals surface area contributed by atoms with E-state index < -0.39 is 0 Å². The summed E-state index contributed by atoms with van der Waals surface area (Å²) >= 11 is 0. The quantitative estimate of drug-likeness (QED) is 0.694. The molecule has 3 nitrogen and oxygen atoms in total. The Kier molecular flexibility index (Phi) is 6.25. The number of hydrogen-bond acceptors (Lipinski definition) is 3. The fourth-order valence-electron chi connectivity index (χ4n) is 2.02. The van der Waals surface area contributed by atoms with E-state index in [2.05, 4.69) is 19.1 Å². The molecule has 3 heteroatoms. The molecule has 21 heavy (non-hydrogen) atoms. The Hall–Kier alpha value is -1.84. The van der Waals surface area contributed by atoms with Crippen LogP contribution in [-0.4, -0.2) is 33.5 Å². The van der Waals surface area contributed by atoms with Gasteiger partial charge in [-0.15, -0.1) is 0 Å². The summed E-state index contributed by atoms with van der Waals surface area (Å²) in [5, 5.41) is 0. The zero-order valence-corrected chi connectivity index (χ0v) is 12.4. The van der Waals surface area contributed by atoms with Crippen molar-refractivity contribution in [1.82, 2.24) is 0 Å². The van der Waals surface area contributed by atoms with Crippen LogP contribution in [0.4, 0.5) is 0 Å². The molecule has 111 valence electrons. The van der Waals surface area contributed by atoms with E-state index in [9.17, 15) is 0 Å². The van der Waals surface area contributed by atoms with Crippen molar-refractivity contribution >= 4 is 0 Å². The molecule has 0 atom stereocenters. The van der Waals surface area contributed by atoms with Crippen LogP contribution < -0.4 is 4.74 Å². The van der Waals surface area contributed by atoms with Crippen LogP contribution in [0.15, 0.2) is 48.5 Å². The van der Waals surface area contributed by atoms with Crippen molar-refractivity contribution in [3.63, 3.8) is 0 Å². The molecule has 0 aromatic heterocycles. The first-order valence-electron chi connectivity index (χ1n) is 7.02. The van der Waals surface area contributed by atoms with Crippen molar-refractivity contribution in [2.45, 2.75) is 0 Å². The zero-order valence-electron chi connectivity index (χ0n) is 12.4. The van der Waals surface area contributed by atoms with Crippen molar-refractivity contribution in [3.8, 4) is 16.9 Å². The maximum Gasteiger partial charge on any atom is 0.120 e. The summed E-state index contributed by atoms with van der Waals surface area (Å²) in [6.45, 7) is 6.34. The van der Waals surface area contributed by atoms with Gasteiger partial charge in [0.25, 0.3) is 0 Å². The highest BCUT2D eigenvalue weighted by Crippen LogP contribution is 2.26. The highest BCUT2D eigenvalue weighted by molar-refractivity contribution is 5.69. The molecule has 0 aliphatic heterocycles. The van der Waals surface area contributed by atoms with Crippen LogP contribution in [0.5, 0.6) is 5.75 Å². The van der Waals surface area contributed by atoms with Gasteiger partial charge in [-0.05, 0) is 35.7 Å². The minimum Gasteiger partial charge on any atom is -0.491 e. The summed E-state index contributed by atoms with van der Waals surface area (Å²) < 4.78 is 16.0. The van der Waals surface area contributed by atoms with E-state index in [1.165, 1.54) is 0 Å². The molecular formula is C18H21O3. The summed E-state index contributed by atoms with van der Waals surface area (Å²) in [7, 11) is 1.66. The molecule has 0 heterocycles. The Morgan fingerprint density at radius 2 is 1.71 bits per heavy atom. The van der Waals surface area contributed by atoms with Crippen LogP contribution in [-0.2, 0) is 9.47 Å². The van der Waals surface area contributed by atoms with E-state index in [-0.39, 0.29) is 0 Å². The van der Waals surface area contributed by atoms with Crippen molar-refractivity contribution < 1.29 is 14.2 Å². The lowest BCUT2D eigenvalue weighted by molar-refractivity contribution is 0.0544. The van der Waals surface area contributed by atoms with E-state index >= 15 is 0 Å². The molecule has 0 saturated heterocycles. The molecule has 0 spiro atoms. The lowest BCUT2D eigenvalue weighted by atomic mass is 10.0. The fourth-order valence-corrected chi connectivity index (χ4v) is 2.02. The SMILES string of the molecule is [CH2]c1ccccc1-c1cccc(OCCOCCOC)c1. The number of rotatable bonds is 8. The molecule has 0 amide bonds. The van der Waals surface area contributed by atoms with Gasteiger partial charge in [0.1, 0.15) is 12.4 Å². The third-order valence-electron chi connectivity index (χ3n) is 3.09. The van der Waals surface area contributed by atoms with Crippen molar-refractivity contribution in [2.75, 3.05) is 33.5 Å². The standard InChI is InChI=1S/C18H21O3/c1-15-6-3-4-9-18(15)16-7-5-8-17(14-16)21-13-12-20-11-10-19-2/h3-9,14H,1,10-13H2,2H3. The highest BCUT2D eigenvalue weighted by atomic mass is 16.5. The lowest BCUT2D eigenvalue weighted by Crippen LogP contribution is -2.09. The molecule has 2 aromatic carbocycles. The normalized spacial score (nSPS) is 10.6. The number of hydrogen-bond donors (Lipinski definition) is 0. The van der Waals surface area contributed by atoms with E-state index in [0.717, 1.165) is 22.4 Å². The predicted octanol–water partition coefficient (Wildman–Crippen LogP) is 3.58. The Labute approximate surface area is 126 Å². The largest absolute Gasteiger partial charge is 0.491 e. The van der Waals surface area contributed by atoms with Crippen LogP contribution in [0.1, 0.15) is 5.56 Å². The monoisotopic (exact) mass is 285 g/mol. The van der Waals surface area contributed by atoms with Gasteiger partial charge in [0.05, 0.1) is 19.8 Å². The summed E-state index contributed by atoms with van der Waals surface area (Å²) in [6.07, 6.45) is 0. The van der Waals surface area contributed by atoms with E-state index in [4.69, 9.17) is 14.2 Å². The van der Waals surface area contributed by atoms with Crippen LogP contribution in [0.3, 0.4) is 0 Å². The molecule has 2 aromatic rings. The maximum atomic E-state index is 5.70. The minimum atomic E-state index is 0.527. The van der Waals surface area contributed by atoms with Gasteiger partial charge >= 0.3 is 0 Å². The van der Waals surface area contributed by atoms with Gasteiger partial charge in [0.15, 0.2) is 0 Å². The molecule has 0 fully saturated rings. The number of benzene rings is 2. The summed E-state index contributed by atoms with van der Waals surface area (Å²) in [5.41, 5.74) is 3.25. The fraction of sp³-hybridized carbons (Fsp3) is 0.278. The molecular weight excluding hydrogens is 264 g/mol. The average Bonchev–Trinajstić information content (AvgIpc) is 2.51. The zero-order chi connectivity index (χ0) is 14.9. The van der Waals surface area contributed by atoms with Gasteiger partial charge in [-0.3, -0.25) is 0 Å². The second kappa shape index (κ2) is 8.45.